The van der Waals surface area contributed by atoms with Gasteiger partial charge in [0.2, 0.25) is 0 Å². The molecule has 0 unspecified atom stereocenters. The molecule has 0 fully saturated rings. The van der Waals surface area contributed by atoms with E-state index in [1.54, 1.807) is 12.1 Å². The predicted molar refractivity (Wildman–Crippen MR) is 105 cm³/mol. The quantitative estimate of drug-likeness (QED) is 0.603. The van der Waals surface area contributed by atoms with Gasteiger partial charge in [0.05, 0.1) is 11.8 Å². The van der Waals surface area contributed by atoms with Crippen molar-refractivity contribution >= 4 is 18.1 Å². The summed E-state index contributed by atoms with van der Waals surface area (Å²) in [4.78, 5) is 22.7. The van der Waals surface area contributed by atoms with E-state index in [2.05, 4.69) is 37.4 Å². The van der Waals surface area contributed by atoms with E-state index in [1.165, 1.54) is 23.9 Å². The van der Waals surface area contributed by atoms with Crippen molar-refractivity contribution < 1.29 is 19.4 Å². The van der Waals surface area contributed by atoms with Crippen molar-refractivity contribution in [1.29, 1.82) is 0 Å². The van der Waals surface area contributed by atoms with Crippen LogP contribution in [0.25, 0.3) is 0 Å². The third-order valence-corrected chi connectivity index (χ3v) is 3.96. The van der Waals surface area contributed by atoms with Crippen LogP contribution in [0, 0.1) is 6.92 Å². The average molecular weight is 368 g/mol. The zero-order valence-electron chi connectivity index (χ0n) is 15.9. The third-order valence-electron chi connectivity index (χ3n) is 3.96. The van der Waals surface area contributed by atoms with Gasteiger partial charge >= 0.3 is 5.97 Å². The predicted octanol–water partition coefficient (Wildman–Crippen LogP) is 3.52. The Labute approximate surface area is 158 Å². The van der Waals surface area contributed by atoms with Gasteiger partial charge in [-0.05, 0) is 47.2 Å². The highest BCUT2D eigenvalue weighted by molar-refractivity contribution is 5.89. The Balaban J connectivity index is 1.86. The molecule has 2 aromatic rings. The highest BCUT2D eigenvalue weighted by Gasteiger charge is 2.15. The number of carbonyl (C=O) groups is 2. The number of carbonyl (C=O) groups excluding carboxylic acids is 1. The van der Waals surface area contributed by atoms with Crippen LogP contribution < -0.4 is 10.2 Å². The van der Waals surface area contributed by atoms with Crippen molar-refractivity contribution in [1.82, 2.24) is 5.43 Å². The minimum absolute atomic E-state index is 0.0536. The largest absolute Gasteiger partial charge is 0.483 e. The molecule has 2 rings (SSSR count). The zero-order valence-corrected chi connectivity index (χ0v) is 15.9. The number of benzene rings is 2. The molecule has 27 heavy (non-hydrogen) atoms. The van der Waals surface area contributed by atoms with Gasteiger partial charge in [-0.25, -0.2) is 10.2 Å². The Morgan fingerprint density at radius 2 is 1.81 bits per heavy atom. The molecule has 0 aliphatic heterocycles. The summed E-state index contributed by atoms with van der Waals surface area (Å²) in [5.41, 5.74) is 5.48. The summed E-state index contributed by atoms with van der Waals surface area (Å²) >= 11 is 0. The van der Waals surface area contributed by atoms with Crippen LogP contribution in [-0.4, -0.2) is 29.8 Å². The highest BCUT2D eigenvalue weighted by Crippen LogP contribution is 2.27. The minimum Gasteiger partial charge on any atom is -0.483 e. The van der Waals surface area contributed by atoms with Crippen molar-refractivity contribution in [3.05, 3.63) is 64.7 Å². The normalized spacial score (nSPS) is 11.4. The van der Waals surface area contributed by atoms with Crippen molar-refractivity contribution in [2.24, 2.45) is 5.10 Å². The maximum absolute atomic E-state index is 11.9. The first-order valence-corrected chi connectivity index (χ1v) is 8.56. The van der Waals surface area contributed by atoms with E-state index in [-0.39, 0.29) is 23.5 Å². The smallest absolute Gasteiger partial charge is 0.335 e. The molecule has 0 aromatic heterocycles. The molecule has 0 heterocycles. The Kier molecular flexibility index (Phi) is 6.34. The zero-order chi connectivity index (χ0) is 20.0. The number of nitrogens with zero attached hydrogens (tertiary/aromatic N) is 1. The number of hydrogen-bond donors (Lipinski definition) is 2. The number of ether oxygens (including phenoxy) is 1. The lowest BCUT2D eigenvalue weighted by Gasteiger charge is -2.20. The summed E-state index contributed by atoms with van der Waals surface area (Å²) in [6.07, 6.45) is 1.44. The molecule has 0 bridgehead atoms. The fraction of sp³-hybridized carbons (Fsp3) is 0.286. The molecule has 0 saturated carbocycles. The molecule has 0 aliphatic rings. The molecule has 0 atom stereocenters. The van der Waals surface area contributed by atoms with Crippen LogP contribution in [0.1, 0.15) is 47.8 Å². The molecule has 2 aromatic carbocycles. The second kappa shape index (κ2) is 8.49. The van der Waals surface area contributed by atoms with Gasteiger partial charge in [0.1, 0.15) is 5.75 Å². The van der Waals surface area contributed by atoms with E-state index < -0.39 is 5.97 Å². The first-order valence-electron chi connectivity index (χ1n) is 8.56. The Morgan fingerprint density at radius 1 is 1.15 bits per heavy atom. The standard InChI is InChI=1S/C21H24N2O4/c1-14-11-17(21(2,3)4)9-10-18(14)27-13-19(24)23-22-12-15-5-7-16(8-6-15)20(25)26/h5-12H,13H2,1-4H3,(H,23,24)(H,25,26). The monoisotopic (exact) mass is 368 g/mol. The van der Waals surface area contributed by atoms with Gasteiger partial charge < -0.3 is 9.84 Å². The molecule has 2 N–H and O–H groups in total. The summed E-state index contributed by atoms with van der Waals surface area (Å²) in [6, 6.07) is 12.1. The molecule has 142 valence electrons. The van der Waals surface area contributed by atoms with Gasteiger partial charge in [0, 0.05) is 0 Å². The van der Waals surface area contributed by atoms with Crippen molar-refractivity contribution in [3.63, 3.8) is 0 Å². The number of amides is 1. The lowest BCUT2D eigenvalue weighted by atomic mass is 9.86. The van der Waals surface area contributed by atoms with Crippen LogP contribution in [0.2, 0.25) is 0 Å². The van der Waals surface area contributed by atoms with Crippen molar-refractivity contribution in [3.8, 4) is 5.75 Å². The molecule has 0 spiro atoms. The molecule has 0 saturated heterocycles. The SMILES string of the molecule is Cc1cc(C(C)(C)C)ccc1OCC(=O)NN=Cc1ccc(C(=O)O)cc1. The van der Waals surface area contributed by atoms with Crippen LogP contribution in [0.3, 0.4) is 0 Å². The first-order chi connectivity index (χ1) is 12.7. The first kappa shape index (κ1) is 20.2. The second-order valence-corrected chi connectivity index (χ2v) is 7.24. The van der Waals surface area contributed by atoms with Crippen LogP contribution in [0.15, 0.2) is 47.6 Å². The topological polar surface area (TPSA) is 88.0 Å². The summed E-state index contributed by atoms with van der Waals surface area (Å²) in [7, 11) is 0. The van der Waals surface area contributed by atoms with E-state index in [1.807, 2.05) is 19.1 Å². The molecule has 1 amide bonds. The summed E-state index contributed by atoms with van der Waals surface area (Å²) < 4.78 is 5.56. The minimum atomic E-state index is -0.991. The average Bonchev–Trinajstić information content (AvgIpc) is 2.60. The third kappa shape index (κ3) is 5.95. The number of nitrogens with one attached hydrogen (secondary N) is 1. The van der Waals surface area contributed by atoms with Crippen molar-refractivity contribution in [2.75, 3.05) is 6.61 Å². The van der Waals surface area contributed by atoms with Crippen LogP contribution >= 0.6 is 0 Å². The fourth-order valence-electron chi connectivity index (χ4n) is 2.34. The van der Waals surface area contributed by atoms with Crippen LogP contribution in [-0.2, 0) is 10.2 Å². The number of carboxylic acid groups (broad SMARTS) is 1. The lowest BCUT2D eigenvalue weighted by Crippen LogP contribution is -2.24. The maximum atomic E-state index is 11.9. The summed E-state index contributed by atoms with van der Waals surface area (Å²) in [5, 5.41) is 12.7. The Morgan fingerprint density at radius 3 is 2.37 bits per heavy atom. The maximum Gasteiger partial charge on any atom is 0.335 e. The molecule has 0 aliphatic carbocycles. The number of rotatable bonds is 6. The Bertz CT molecular complexity index is 849. The van der Waals surface area contributed by atoms with E-state index in [0.29, 0.717) is 11.3 Å². The number of hydrogen-bond acceptors (Lipinski definition) is 4. The highest BCUT2D eigenvalue weighted by atomic mass is 16.5. The Hall–Kier alpha value is -3.15. The van der Waals surface area contributed by atoms with Crippen LogP contribution in [0.4, 0.5) is 0 Å². The number of hydrazone groups is 1. The van der Waals surface area contributed by atoms with Gasteiger partial charge in [-0.2, -0.15) is 5.10 Å². The lowest BCUT2D eigenvalue weighted by molar-refractivity contribution is -0.123. The molecule has 6 heteroatoms. The van der Waals surface area contributed by atoms with Crippen molar-refractivity contribution in [2.45, 2.75) is 33.1 Å². The fourth-order valence-corrected chi connectivity index (χ4v) is 2.34. The molecular weight excluding hydrogens is 344 g/mol. The van der Waals surface area contributed by atoms with E-state index in [0.717, 1.165) is 5.56 Å². The van der Waals surface area contributed by atoms with Gasteiger partial charge in [-0.3, -0.25) is 4.79 Å². The molecular formula is C21H24N2O4. The number of aromatic carboxylic acids is 1. The van der Waals surface area contributed by atoms with E-state index in [9.17, 15) is 9.59 Å². The van der Waals surface area contributed by atoms with Crippen LogP contribution in [0.5, 0.6) is 5.75 Å². The molecule has 0 radical (unpaired) electrons. The summed E-state index contributed by atoms with van der Waals surface area (Å²) in [5.74, 6) is -0.714. The van der Waals surface area contributed by atoms with Gasteiger partial charge in [0.15, 0.2) is 6.61 Å². The second-order valence-electron chi connectivity index (χ2n) is 7.24. The van der Waals surface area contributed by atoms with Gasteiger partial charge in [0.25, 0.3) is 5.91 Å². The molecule has 6 nitrogen and oxygen atoms in total. The van der Waals surface area contributed by atoms with Gasteiger partial charge in [-0.1, -0.05) is 45.0 Å². The van der Waals surface area contributed by atoms with E-state index >= 15 is 0 Å². The van der Waals surface area contributed by atoms with E-state index in [4.69, 9.17) is 9.84 Å². The van der Waals surface area contributed by atoms with Gasteiger partial charge in [-0.15, -0.1) is 0 Å². The number of carboxylic acids is 1. The summed E-state index contributed by atoms with van der Waals surface area (Å²) in [6.45, 7) is 8.22. The number of aryl methyl sites for hydroxylation is 1.